The zero-order valence-corrected chi connectivity index (χ0v) is 8.44. The van der Waals surface area contributed by atoms with Crippen LogP contribution in [0.5, 0.6) is 0 Å². The van der Waals surface area contributed by atoms with Gasteiger partial charge in [-0.15, -0.1) is 0 Å². The summed E-state index contributed by atoms with van der Waals surface area (Å²) in [6, 6.07) is 13.5. The Balaban J connectivity index is 2.46. The van der Waals surface area contributed by atoms with Gasteiger partial charge in [-0.1, -0.05) is 18.2 Å². The molecule has 0 amide bonds. The standard InChI is InChI=1S/C13H9FN2/c14-13-7-10(1-2-11(13)8-15)9-3-5-12(16)6-4-9/h1-7H,16H2. The molecule has 0 aliphatic rings. The highest BCUT2D eigenvalue weighted by atomic mass is 19.1. The topological polar surface area (TPSA) is 49.8 Å². The largest absolute Gasteiger partial charge is 0.399 e. The second-order valence-corrected chi connectivity index (χ2v) is 3.43. The van der Waals surface area contributed by atoms with Crippen LogP contribution in [0.2, 0.25) is 0 Å². The Hall–Kier alpha value is -2.34. The maximum atomic E-state index is 13.4. The lowest BCUT2D eigenvalue weighted by Crippen LogP contribution is -1.87. The lowest BCUT2D eigenvalue weighted by molar-refractivity contribution is 0.624. The van der Waals surface area contributed by atoms with Crippen molar-refractivity contribution in [2.45, 2.75) is 0 Å². The van der Waals surface area contributed by atoms with Crippen molar-refractivity contribution in [3.63, 3.8) is 0 Å². The minimum atomic E-state index is -0.503. The number of hydrogen-bond acceptors (Lipinski definition) is 2. The maximum Gasteiger partial charge on any atom is 0.141 e. The molecule has 0 atom stereocenters. The van der Waals surface area contributed by atoms with E-state index in [-0.39, 0.29) is 5.56 Å². The van der Waals surface area contributed by atoms with E-state index in [0.717, 1.165) is 11.1 Å². The minimum Gasteiger partial charge on any atom is -0.399 e. The van der Waals surface area contributed by atoms with Crippen LogP contribution in [0.3, 0.4) is 0 Å². The van der Waals surface area contributed by atoms with Gasteiger partial charge in [0.2, 0.25) is 0 Å². The zero-order chi connectivity index (χ0) is 11.5. The maximum absolute atomic E-state index is 13.4. The van der Waals surface area contributed by atoms with Crippen molar-refractivity contribution < 1.29 is 4.39 Å². The van der Waals surface area contributed by atoms with E-state index < -0.39 is 5.82 Å². The number of nitrogens with two attached hydrogens (primary N) is 1. The molecule has 0 radical (unpaired) electrons. The molecule has 78 valence electrons. The van der Waals surface area contributed by atoms with Crippen LogP contribution in [0.25, 0.3) is 11.1 Å². The molecule has 2 rings (SSSR count). The first-order chi connectivity index (χ1) is 7.70. The molecule has 0 fully saturated rings. The molecule has 16 heavy (non-hydrogen) atoms. The quantitative estimate of drug-likeness (QED) is 0.739. The summed E-state index contributed by atoms with van der Waals surface area (Å²) >= 11 is 0. The third kappa shape index (κ3) is 1.86. The highest BCUT2D eigenvalue weighted by Crippen LogP contribution is 2.22. The average molecular weight is 212 g/mol. The van der Waals surface area contributed by atoms with Gasteiger partial charge in [0.15, 0.2) is 0 Å². The summed E-state index contributed by atoms with van der Waals surface area (Å²) in [5, 5.41) is 8.61. The number of nitrogens with zero attached hydrogens (tertiary/aromatic N) is 1. The second-order valence-electron chi connectivity index (χ2n) is 3.43. The van der Waals surface area contributed by atoms with Gasteiger partial charge in [0.25, 0.3) is 0 Å². The average Bonchev–Trinajstić information content (AvgIpc) is 2.30. The number of hydrogen-bond donors (Lipinski definition) is 1. The zero-order valence-electron chi connectivity index (χ0n) is 8.44. The molecule has 0 spiro atoms. The first-order valence-corrected chi connectivity index (χ1v) is 4.76. The van der Waals surface area contributed by atoms with Gasteiger partial charge in [0, 0.05) is 5.69 Å². The van der Waals surface area contributed by atoms with E-state index in [0.29, 0.717) is 5.69 Å². The highest BCUT2D eigenvalue weighted by molar-refractivity contribution is 5.66. The van der Waals surface area contributed by atoms with Gasteiger partial charge in [-0.2, -0.15) is 5.26 Å². The molecular formula is C13H9FN2. The smallest absolute Gasteiger partial charge is 0.141 e. The third-order valence-electron chi connectivity index (χ3n) is 2.33. The van der Waals surface area contributed by atoms with E-state index >= 15 is 0 Å². The fraction of sp³-hybridized carbons (Fsp3) is 0. The van der Waals surface area contributed by atoms with Gasteiger partial charge < -0.3 is 5.73 Å². The second kappa shape index (κ2) is 4.03. The van der Waals surface area contributed by atoms with Crippen LogP contribution < -0.4 is 5.73 Å². The molecule has 0 saturated heterocycles. The molecule has 2 aromatic carbocycles. The van der Waals surface area contributed by atoms with E-state index in [1.807, 2.05) is 12.1 Å². The Morgan fingerprint density at radius 3 is 2.19 bits per heavy atom. The first-order valence-electron chi connectivity index (χ1n) is 4.76. The third-order valence-corrected chi connectivity index (χ3v) is 2.33. The summed E-state index contributed by atoms with van der Waals surface area (Å²) in [4.78, 5) is 0. The van der Waals surface area contributed by atoms with Crippen LogP contribution in [-0.4, -0.2) is 0 Å². The Kier molecular flexibility index (Phi) is 2.57. The molecule has 0 aliphatic heterocycles. The molecule has 3 heteroatoms. The number of rotatable bonds is 1. The summed E-state index contributed by atoms with van der Waals surface area (Å²) < 4.78 is 13.4. The number of benzene rings is 2. The Bertz CT molecular complexity index is 553. The molecule has 2 nitrogen and oxygen atoms in total. The van der Waals surface area contributed by atoms with E-state index in [4.69, 9.17) is 11.0 Å². The fourth-order valence-corrected chi connectivity index (χ4v) is 1.46. The predicted octanol–water partition coefficient (Wildman–Crippen LogP) is 2.95. The summed E-state index contributed by atoms with van der Waals surface area (Å²) in [7, 11) is 0. The summed E-state index contributed by atoms with van der Waals surface area (Å²) in [6.07, 6.45) is 0. The molecule has 2 aromatic rings. The number of anilines is 1. The van der Waals surface area contributed by atoms with Crippen LogP contribution in [0.4, 0.5) is 10.1 Å². The van der Waals surface area contributed by atoms with Crippen molar-refractivity contribution in [1.82, 2.24) is 0 Å². The van der Waals surface area contributed by atoms with E-state index in [9.17, 15) is 4.39 Å². The van der Waals surface area contributed by atoms with Gasteiger partial charge in [0.05, 0.1) is 5.56 Å². The number of nitrogen functional groups attached to an aromatic ring is 1. The van der Waals surface area contributed by atoms with Gasteiger partial charge in [-0.05, 0) is 35.4 Å². The first kappa shape index (κ1) is 10.2. The molecule has 0 saturated carbocycles. The van der Waals surface area contributed by atoms with Crippen LogP contribution >= 0.6 is 0 Å². The fourth-order valence-electron chi connectivity index (χ4n) is 1.46. The van der Waals surface area contributed by atoms with Gasteiger partial charge in [-0.25, -0.2) is 4.39 Å². The Labute approximate surface area is 92.8 Å². The van der Waals surface area contributed by atoms with Gasteiger partial charge >= 0.3 is 0 Å². The van der Waals surface area contributed by atoms with Gasteiger partial charge in [-0.3, -0.25) is 0 Å². The van der Waals surface area contributed by atoms with Crippen molar-refractivity contribution in [2.24, 2.45) is 0 Å². The van der Waals surface area contributed by atoms with Gasteiger partial charge in [0.1, 0.15) is 11.9 Å². The van der Waals surface area contributed by atoms with E-state index in [1.165, 1.54) is 12.1 Å². The van der Waals surface area contributed by atoms with Crippen molar-refractivity contribution in [1.29, 1.82) is 5.26 Å². The van der Waals surface area contributed by atoms with Crippen molar-refractivity contribution >= 4 is 5.69 Å². The summed E-state index contributed by atoms with van der Waals surface area (Å²) in [5.41, 5.74) is 7.89. The van der Waals surface area contributed by atoms with Crippen molar-refractivity contribution in [2.75, 3.05) is 5.73 Å². The highest BCUT2D eigenvalue weighted by Gasteiger charge is 2.04. The predicted molar refractivity (Wildman–Crippen MR) is 61.0 cm³/mol. The lowest BCUT2D eigenvalue weighted by atomic mass is 10.0. The summed E-state index contributed by atoms with van der Waals surface area (Å²) in [5.74, 6) is -0.503. The van der Waals surface area contributed by atoms with Crippen LogP contribution in [0, 0.1) is 17.1 Å². The van der Waals surface area contributed by atoms with Crippen molar-refractivity contribution in [3.8, 4) is 17.2 Å². The monoisotopic (exact) mass is 212 g/mol. The molecule has 0 unspecified atom stereocenters. The molecule has 0 heterocycles. The molecule has 2 N–H and O–H groups in total. The number of nitriles is 1. The van der Waals surface area contributed by atoms with Crippen molar-refractivity contribution in [3.05, 3.63) is 53.8 Å². The molecule has 0 bridgehead atoms. The molecular weight excluding hydrogens is 203 g/mol. The van der Waals surface area contributed by atoms with Crippen LogP contribution in [0.15, 0.2) is 42.5 Å². The molecule has 0 aromatic heterocycles. The lowest BCUT2D eigenvalue weighted by Gasteiger charge is -2.03. The minimum absolute atomic E-state index is 0.0548. The van der Waals surface area contributed by atoms with E-state index in [1.54, 1.807) is 24.3 Å². The molecule has 0 aliphatic carbocycles. The normalized spacial score (nSPS) is 9.75. The summed E-state index contributed by atoms with van der Waals surface area (Å²) in [6.45, 7) is 0. The Morgan fingerprint density at radius 2 is 1.62 bits per heavy atom. The van der Waals surface area contributed by atoms with Crippen LogP contribution in [0.1, 0.15) is 5.56 Å². The van der Waals surface area contributed by atoms with E-state index in [2.05, 4.69) is 0 Å². The Morgan fingerprint density at radius 1 is 1.00 bits per heavy atom. The number of halogens is 1. The van der Waals surface area contributed by atoms with Crippen LogP contribution in [-0.2, 0) is 0 Å². The SMILES string of the molecule is N#Cc1ccc(-c2ccc(N)cc2)cc1F.